The zero-order chi connectivity index (χ0) is 18.7. The molecule has 3 fully saturated rings. The molecule has 0 aromatic carbocycles. The van der Waals surface area contributed by atoms with Crippen molar-refractivity contribution < 1.29 is 4.79 Å². The van der Waals surface area contributed by atoms with E-state index in [4.69, 9.17) is 0 Å². The lowest BCUT2D eigenvalue weighted by atomic mass is 9.70. The number of carbonyl (C=O) groups is 1. The average molecular weight is 352 g/mol. The van der Waals surface area contributed by atoms with Crippen molar-refractivity contribution in [1.82, 2.24) is 15.1 Å². The Morgan fingerprint density at radius 1 is 0.960 bits per heavy atom. The highest BCUT2D eigenvalue weighted by molar-refractivity contribution is 5.80. The zero-order valence-corrected chi connectivity index (χ0v) is 17.5. The van der Waals surface area contributed by atoms with E-state index in [2.05, 4.69) is 42.9 Å². The number of hydrogen-bond donors (Lipinski definition) is 1. The van der Waals surface area contributed by atoms with Gasteiger partial charge in [0.25, 0.3) is 0 Å². The minimum absolute atomic E-state index is 0.0283. The number of nitrogens with zero attached hydrogens (tertiary/aromatic N) is 2. The van der Waals surface area contributed by atoms with Gasteiger partial charge in [-0.3, -0.25) is 9.69 Å². The number of amides is 1. The van der Waals surface area contributed by atoms with Crippen molar-refractivity contribution in [2.24, 2.45) is 11.3 Å². The van der Waals surface area contributed by atoms with Crippen LogP contribution in [0.3, 0.4) is 0 Å². The summed E-state index contributed by atoms with van der Waals surface area (Å²) in [6, 6.07) is 0.710. The van der Waals surface area contributed by atoms with Gasteiger partial charge in [-0.15, -0.1) is 0 Å². The number of carbonyl (C=O) groups excluding carboxylic acids is 1. The van der Waals surface area contributed by atoms with Crippen molar-refractivity contribution in [3.63, 3.8) is 0 Å². The molecule has 25 heavy (non-hydrogen) atoms. The summed E-state index contributed by atoms with van der Waals surface area (Å²) in [5.74, 6) is 0.526. The van der Waals surface area contributed by atoms with Crippen molar-refractivity contribution in [2.45, 2.75) is 84.7 Å². The molecule has 1 saturated carbocycles. The maximum atomic E-state index is 12.6. The normalized spacial score (nSPS) is 27.8. The summed E-state index contributed by atoms with van der Waals surface area (Å²) in [7, 11) is 2.20. The van der Waals surface area contributed by atoms with Gasteiger partial charge in [-0.25, -0.2) is 0 Å². The van der Waals surface area contributed by atoms with E-state index in [-0.39, 0.29) is 11.5 Å². The molecule has 2 saturated heterocycles. The van der Waals surface area contributed by atoms with E-state index in [1.807, 2.05) is 13.8 Å². The summed E-state index contributed by atoms with van der Waals surface area (Å²) in [5, 5.41) is 3.39. The van der Waals surface area contributed by atoms with E-state index < -0.39 is 0 Å². The van der Waals surface area contributed by atoms with E-state index in [0.717, 1.165) is 25.9 Å². The zero-order valence-electron chi connectivity index (χ0n) is 17.5. The van der Waals surface area contributed by atoms with Crippen molar-refractivity contribution in [1.29, 1.82) is 0 Å². The smallest absolute Gasteiger partial charge is 0.226 e. The second-order valence-corrected chi connectivity index (χ2v) is 9.40. The van der Waals surface area contributed by atoms with Crippen LogP contribution < -0.4 is 5.32 Å². The number of hydrogen-bond acceptors (Lipinski definition) is 3. The number of nitrogens with one attached hydrogen (secondary N) is 1. The quantitative estimate of drug-likeness (QED) is 0.845. The van der Waals surface area contributed by atoms with Crippen molar-refractivity contribution in [3.05, 3.63) is 0 Å². The molecule has 0 unspecified atom stereocenters. The first kappa shape index (κ1) is 20.7. The first-order valence-corrected chi connectivity index (χ1v) is 10.5. The lowest BCUT2D eigenvalue weighted by Crippen LogP contribution is -2.61. The Bertz CT molecular complexity index is 424. The van der Waals surface area contributed by atoms with Crippen molar-refractivity contribution in [2.75, 3.05) is 33.2 Å². The highest BCUT2D eigenvalue weighted by Gasteiger charge is 2.41. The van der Waals surface area contributed by atoms with Gasteiger partial charge in [0.1, 0.15) is 0 Å². The van der Waals surface area contributed by atoms with Crippen LogP contribution in [-0.2, 0) is 4.79 Å². The topological polar surface area (TPSA) is 35.6 Å². The summed E-state index contributed by atoms with van der Waals surface area (Å²) < 4.78 is 0. The molecule has 4 nitrogen and oxygen atoms in total. The number of rotatable bonds is 3. The summed E-state index contributed by atoms with van der Waals surface area (Å²) in [4.78, 5) is 17.5. The van der Waals surface area contributed by atoms with Gasteiger partial charge in [0.15, 0.2) is 0 Å². The minimum Gasteiger partial charge on any atom is -0.351 e. The molecule has 0 atom stereocenters. The SMILES string of the molecule is CC.CN1CCC(N2CC(C(=O)NC3(C)CCC(C)(C)CC3)C2)CC1. The van der Waals surface area contributed by atoms with E-state index in [9.17, 15) is 4.79 Å². The maximum Gasteiger partial charge on any atom is 0.226 e. The van der Waals surface area contributed by atoms with Crippen LogP contribution in [0.2, 0.25) is 0 Å². The Kier molecular flexibility index (Phi) is 6.94. The monoisotopic (exact) mass is 351 g/mol. The fourth-order valence-corrected chi connectivity index (χ4v) is 4.34. The average Bonchev–Trinajstić information content (AvgIpc) is 2.53. The molecule has 0 bridgehead atoms. The molecule has 146 valence electrons. The molecule has 0 aromatic rings. The molecule has 1 N–H and O–H groups in total. The van der Waals surface area contributed by atoms with E-state index in [1.54, 1.807) is 0 Å². The fourth-order valence-electron chi connectivity index (χ4n) is 4.34. The Morgan fingerprint density at radius 2 is 1.48 bits per heavy atom. The van der Waals surface area contributed by atoms with Gasteiger partial charge in [-0.2, -0.15) is 0 Å². The number of piperidine rings is 1. The van der Waals surface area contributed by atoms with Crippen LogP contribution in [0.4, 0.5) is 0 Å². The minimum atomic E-state index is 0.0283. The van der Waals surface area contributed by atoms with Gasteiger partial charge < -0.3 is 10.2 Å². The third-order valence-electron chi connectivity index (χ3n) is 6.62. The Hall–Kier alpha value is -0.610. The van der Waals surface area contributed by atoms with Crippen molar-refractivity contribution in [3.8, 4) is 0 Å². The largest absolute Gasteiger partial charge is 0.351 e. The van der Waals surface area contributed by atoms with Crippen LogP contribution in [0, 0.1) is 11.3 Å². The van der Waals surface area contributed by atoms with Gasteiger partial charge in [0.05, 0.1) is 5.92 Å². The first-order valence-electron chi connectivity index (χ1n) is 10.5. The van der Waals surface area contributed by atoms with Crippen LogP contribution in [0.5, 0.6) is 0 Å². The van der Waals surface area contributed by atoms with Gasteiger partial charge in [-0.1, -0.05) is 27.7 Å². The Labute approximate surface area is 155 Å². The Morgan fingerprint density at radius 3 is 2.00 bits per heavy atom. The lowest BCUT2D eigenvalue weighted by molar-refractivity contribution is -0.134. The summed E-state index contributed by atoms with van der Waals surface area (Å²) in [6.45, 7) is 15.3. The lowest BCUT2D eigenvalue weighted by Gasteiger charge is -2.48. The second-order valence-electron chi connectivity index (χ2n) is 9.40. The van der Waals surface area contributed by atoms with E-state index >= 15 is 0 Å². The van der Waals surface area contributed by atoms with Gasteiger partial charge in [0.2, 0.25) is 5.91 Å². The molecule has 0 spiro atoms. The second kappa shape index (κ2) is 8.39. The molecular weight excluding hydrogens is 310 g/mol. The maximum absolute atomic E-state index is 12.6. The number of likely N-dealkylation sites (tertiary alicyclic amines) is 2. The molecule has 4 heteroatoms. The van der Waals surface area contributed by atoms with Gasteiger partial charge >= 0.3 is 0 Å². The first-order chi connectivity index (χ1) is 11.8. The van der Waals surface area contributed by atoms with Gasteiger partial charge in [0, 0.05) is 24.7 Å². The van der Waals surface area contributed by atoms with E-state index in [0.29, 0.717) is 17.4 Å². The van der Waals surface area contributed by atoms with Crippen molar-refractivity contribution >= 4 is 5.91 Å². The molecule has 0 radical (unpaired) electrons. The highest BCUT2D eigenvalue weighted by Crippen LogP contribution is 2.40. The molecular formula is C21H41N3O. The third kappa shape index (κ3) is 5.43. The van der Waals surface area contributed by atoms with Crippen LogP contribution in [0.25, 0.3) is 0 Å². The van der Waals surface area contributed by atoms with Crippen LogP contribution in [0.15, 0.2) is 0 Å². The van der Waals surface area contributed by atoms with Crippen LogP contribution in [-0.4, -0.2) is 60.5 Å². The fraction of sp³-hybridized carbons (Fsp3) is 0.952. The predicted molar refractivity (Wildman–Crippen MR) is 106 cm³/mol. The molecule has 1 aliphatic carbocycles. The molecule has 2 aliphatic heterocycles. The predicted octanol–water partition coefficient (Wildman–Crippen LogP) is 3.51. The third-order valence-corrected chi connectivity index (χ3v) is 6.62. The van der Waals surface area contributed by atoms with Crippen LogP contribution in [0.1, 0.15) is 73.1 Å². The standard InChI is InChI=1S/C19H35N3O.C2H6/c1-18(2)7-9-19(3,10-8-18)20-17(23)15-13-22(14-15)16-5-11-21(4)12-6-16;1-2/h15-16H,5-14H2,1-4H3,(H,20,23);1-2H3. The summed E-state index contributed by atoms with van der Waals surface area (Å²) >= 11 is 0. The van der Waals surface area contributed by atoms with E-state index in [1.165, 1.54) is 38.8 Å². The van der Waals surface area contributed by atoms with Gasteiger partial charge in [-0.05, 0) is 71.0 Å². The molecule has 3 rings (SSSR count). The molecule has 3 aliphatic rings. The molecule has 0 aromatic heterocycles. The highest BCUT2D eigenvalue weighted by atomic mass is 16.2. The van der Waals surface area contributed by atoms with Crippen LogP contribution >= 0.6 is 0 Å². The molecule has 1 amide bonds. The summed E-state index contributed by atoms with van der Waals surface area (Å²) in [5.41, 5.74) is 0.478. The molecule has 2 heterocycles. The summed E-state index contributed by atoms with van der Waals surface area (Å²) in [6.07, 6.45) is 7.20. The Balaban J connectivity index is 0.00000109.